The van der Waals surface area contributed by atoms with Crippen LogP contribution in [0, 0.1) is 0 Å². The zero-order valence-corrected chi connectivity index (χ0v) is 23.5. The maximum absolute atomic E-state index is 12.6. The van der Waals surface area contributed by atoms with Crippen LogP contribution in [0.4, 0.5) is 5.69 Å². The van der Waals surface area contributed by atoms with Crippen molar-refractivity contribution >= 4 is 35.3 Å². The number of hydrogen-bond donors (Lipinski definition) is 7. The van der Waals surface area contributed by atoms with Gasteiger partial charge in [-0.1, -0.05) is 6.07 Å². The van der Waals surface area contributed by atoms with Gasteiger partial charge in [0.2, 0.25) is 18.1 Å². The Balaban J connectivity index is 1.37. The van der Waals surface area contributed by atoms with Gasteiger partial charge in [0, 0.05) is 31.5 Å². The van der Waals surface area contributed by atoms with E-state index in [0.29, 0.717) is 5.56 Å². The van der Waals surface area contributed by atoms with Gasteiger partial charge in [0.1, 0.15) is 24.1 Å². The summed E-state index contributed by atoms with van der Waals surface area (Å²) in [5, 5.41) is 53.9. The van der Waals surface area contributed by atoms with E-state index in [-0.39, 0.29) is 88.1 Å². The lowest BCUT2D eigenvalue weighted by molar-refractivity contribution is -0.271. The zero-order valence-electron chi connectivity index (χ0n) is 23.5. The fraction of sp³-hybridized carbons (Fsp3) is 0.519. The molecule has 1 aromatic carbocycles. The first kappa shape index (κ1) is 34.5. The molecule has 17 heteroatoms. The molecule has 44 heavy (non-hydrogen) atoms. The Kier molecular flexibility index (Phi) is 13.2. The van der Waals surface area contributed by atoms with Crippen molar-refractivity contribution in [3.8, 4) is 5.75 Å². The molecule has 242 valence electrons. The van der Waals surface area contributed by atoms with Crippen LogP contribution in [0.5, 0.6) is 5.75 Å². The number of benzene rings is 1. The highest BCUT2D eigenvalue weighted by Crippen LogP contribution is 2.31. The van der Waals surface area contributed by atoms with E-state index in [9.17, 15) is 49.5 Å². The van der Waals surface area contributed by atoms with Crippen molar-refractivity contribution in [2.24, 2.45) is 0 Å². The molecule has 0 aliphatic carbocycles. The second kappa shape index (κ2) is 16.8. The Morgan fingerprint density at radius 1 is 0.886 bits per heavy atom. The third-order valence-electron chi connectivity index (χ3n) is 6.44. The van der Waals surface area contributed by atoms with Crippen LogP contribution in [-0.4, -0.2) is 130 Å². The van der Waals surface area contributed by atoms with E-state index in [1.807, 2.05) is 0 Å². The van der Waals surface area contributed by atoms with Gasteiger partial charge >= 0.3 is 5.97 Å². The molecular formula is C27H35N3O14. The average molecular weight is 626 g/mol. The number of rotatable bonds is 17. The molecule has 1 aromatic rings. The van der Waals surface area contributed by atoms with Gasteiger partial charge in [0.15, 0.2) is 6.10 Å². The van der Waals surface area contributed by atoms with Crippen molar-refractivity contribution in [2.75, 3.05) is 44.8 Å². The second-order valence-corrected chi connectivity index (χ2v) is 9.63. The van der Waals surface area contributed by atoms with E-state index in [4.69, 9.17) is 18.9 Å². The summed E-state index contributed by atoms with van der Waals surface area (Å²) >= 11 is 0. The average Bonchev–Trinajstić information content (AvgIpc) is 3.31. The van der Waals surface area contributed by atoms with Crippen LogP contribution in [0.3, 0.4) is 0 Å². The van der Waals surface area contributed by atoms with Gasteiger partial charge in [-0.05, 0) is 17.7 Å². The van der Waals surface area contributed by atoms with E-state index in [0.717, 1.165) is 4.90 Å². The molecule has 2 aliphatic rings. The molecule has 1 saturated heterocycles. The number of carbonyl (C=O) groups is 5. The molecule has 1 fully saturated rings. The summed E-state index contributed by atoms with van der Waals surface area (Å²) in [5.74, 6) is -3.40. The van der Waals surface area contributed by atoms with Crippen molar-refractivity contribution in [3.05, 3.63) is 35.9 Å². The first-order valence-electron chi connectivity index (χ1n) is 13.6. The van der Waals surface area contributed by atoms with Gasteiger partial charge in [-0.3, -0.25) is 24.1 Å². The summed E-state index contributed by atoms with van der Waals surface area (Å²) in [6, 6.07) is 4.13. The lowest BCUT2D eigenvalue weighted by atomic mass is 9.99. The highest BCUT2D eigenvalue weighted by molar-refractivity contribution is 6.12. The quantitative estimate of drug-likeness (QED) is 0.0685. The van der Waals surface area contributed by atoms with Gasteiger partial charge in [0.25, 0.3) is 11.8 Å². The summed E-state index contributed by atoms with van der Waals surface area (Å²) in [6.45, 7) is 0.337. The monoisotopic (exact) mass is 625 g/mol. The zero-order chi connectivity index (χ0) is 32.2. The molecule has 0 aromatic heterocycles. The molecule has 0 radical (unpaired) electrons. The first-order chi connectivity index (χ1) is 21.0. The van der Waals surface area contributed by atoms with Gasteiger partial charge in [0.05, 0.1) is 45.3 Å². The van der Waals surface area contributed by atoms with Crippen LogP contribution in [0.25, 0.3) is 0 Å². The van der Waals surface area contributed by atoms with E-state index in [2.05, 4.69) is 10.6 Å². The van der Waals surface area contributed by atoms with E-state index < -0.39 is 42.6 Å². The number of nitrogens with zero attached hydrogens (tertiary/aromatic N) is 1. The van der Waals surface area contributed by atoms with Crippen molar-refractivity contribution < 1.29 is 68.5 Å². The normalized spacial score (nSPS) is 23.1. The highest BCUT2D eigenvalue weighted by Gasteiger charge is 2.48. The Hall–Kier alpha value is -3.97. The molecule has 0 unspecified atom stereocenters. The minimum atomic E-state index is -1.91. The molecule has 4 amide bonds. The number of amides is 4. The maximum atomic E-state index is 12.6. The smallest absolute Gasteiger partial charge is 0.335 e. The van der Waals surface area contributed by atoms with Crippen LogP contribution in [0.1, 0.15) is 18.4 Å². The number of aliphatic hydroxyl groups is 4. The number of carboxylic acid groups (broad SMARTS) is 1. The largest absolute Gasteiger partial charge is 0.479 e. The highest BCUT2D eigenvalue weighted by atomic mass is 16.7. The summed E-state index contributed by atoms with van der Waals surface area (Å²) in [7, 11) is 0. The molecule has 2 aliphatic heterocycles. The van der Waals surface area contributed by atoms with Crippen molar-refractivity contribution in [1.82, 2.24) is 10.2 Å². The summed E-state index contributed by atoms with van der Waals surface area (Å²) < 4.78 is 21.3. The number of aliphatic carboxylic acids is 1. The van der Waals surface area contributed by atoms with Gasteiger partial charge in [-0.25, -0.2) is 4.79 Å². The minimum Gasteiger partial charge on any atom is -0.479 e. The number of nitrogens with one attached hydrogen (secondary N) is 2. The predicted octanol–water partition coefficient (Wildman–Crippen LogP) is -2.76. The fourth-order valence-electron chi connectivity index (χ4n) is 4.06. The van der Waals surface area contributed by atoms with E-state index >= 15 is 0 Å². The molecule has 7 N–H and O–H groups in total. The van der Waals surface area contributed by atoms with Gasteiger partial charge in [-0.2, -0.15) is 0 Å². The molecular weight excluding hydrogens is 590 g/mol. The van der Waals surface area contributed by atoms with Crippen molar-refractivity contribution in [2.45, 2.75) is 50.2 Å². The van der Waals surface area contributed by atoms with Gasteiger partial charge < -0.3 is 55.1 Å². The number of hydrogen-bond acceptors (Lipinski definition) is 13. The molecule has 2 heterocycles. The number of ether oxygens (including phenoxy) is 4. The SMILES string of the molecule is O=C(CCOCCOCCN1C(=O)C=CC1=O)NCCC(=O)Nc1cc(CO)ccc1O[C@@H]1O[C@H](C(=O)O)[C@@H](O)[C@H](O)[C@H]1O. The first-order valence-corrected chi connectivity index (χ1v) is 13.6. The molecule has 5 atom stereocenters. The predicted molar refractivity (Wildman–Crippen MR) is 146 cm³/mol. The summed E-state index contributed by atoms with van der Waals surface area (Å²) in [5.41, 5.74) is 0.409. The number of anilines is 1. The lowest BCUT2D eigenvalue weighted by Crippen LogP contribution is -2.61. The lowest BCUT2D eigenvalue weighted by Gasteiger charge is -2.38. The Labute approximate surface area is 250 Å². The molecule has 0 saturated carbocycles. The van der Waals surface area contributed by atoms with Crippen LogP contribution in [-0.2, 0) is 44.8 Å². The molecule has 3 rings (SSSR count). The Bertz CT molecular complexity index is 1210. The third kappa shape index (κ3) is 9.78. The number of aliphatic hydroxyl groups excluding tert-OH is 4. The molecule has 17 nitrogen and oxygen atoms in total. The fourth-order valence-corrected chi connectivity index (χ4v) is 4.06. The molecule has 0 spiro atoms. The van der Waals surface area contributed by atoms with E-state index in [1.165, 1.54) is 30.4 Å². The van der Waals surface area contributed by atoms with Crippen LogP contribution < -0.4 is 15.4 Å². The minimum absolute atomic E-state index is 0.0161. The third-order valence-corrected chi connectivity index (χ3v) is 6.44. The standard InChI is InChI=1S/C27H35N3O14/c31-14-15-1-2-17(43-27-24(38)22(36)23(37)25(44-27)26(39)40)16(13-15)29-19(33)5-7-28-18(32)6-9-41-11-12-42-10-8-30-20(34)3-4-21(30)35/h1-4,13,22-25,27,31,36-38H,5-12,14H2,(H,28,32)(H,29,33)(H,39,40)/t22-,23-,24+,25-,27+/m0/s1. The van der Waals surface area contributed by atoms with E-state index in [1.54, 1.807) is 0 Å². The number of carboxylic acids is 1. The Morgan fingerprint density at radius 2 is 1.57 bits per heavy atom. The topological polar surface area (TPSA) is 251 Å². The molecule has 0 bridgehead atoms. The van der Waals surface area contributed by atoms with Crippen LogP contribution in [0.15, 0.2) is 30.4 Å². The Morgan fingerprint density at radius 3 is 2.23 bits per heavy atom. The van der Waals surface area contributed by atoms with Crippen LogP contribution in [0.2, 0.25) is 0 Å². The second-order valence-electron chi connectivity index (χ2n) is 9.63. The number of carbonyl (C=O) groups excluding carboxylic acids is 4. The summed E-state index contributed by atoms with van der Waals surface area (Å²) in [6.07, 6.45) is -7.01. The summed E-state index contributed by atoms with van der Waals surface area (Å²) in [4.78, 5) is 59.9. The number of imide groups is 1. The van der Waals surface area contributed by atoms with Gasteiger partial charge in [-0.15, -0.1) is 0 Å². The van der Waals surface area contributed by atoms with Crippen molar-refractivity contribution in [1.29, 1.82) is 0 Å². The maximum Gasteiger partial charge on any atom is 0.335 e. The van der Waals surface area contributed by atoms with Crippen LogP contribution >= 0.6 is 0 Å². The van der Waals surface area contributed by atoms with Crippen molar-refractivity contribution in [3.63, 3.8) is 0 Å².